The maximum atomic E-state index is 10.1. The summed E-state index contributed by atoms with van der Waals surface area (Å²) in [4.78, 5) is 8.97. The average Bonchev–Trinajstić information content (AvgIpc) is 2.29. The molecule has 0 spiro atoms. The van der Waals surface area contributed by atoms with Crippen molar-refractivity contribution in [1.29, 1.82) is 0 Å². The number of aliphatic hydroxyl groups excluding tert-OH is 1. The van der Waals surface area contributed by atoms with Crippen LogP contribution in [0.4, 0.5) is 0 Å². The number of rotatable bonds is 4. The predicted octanol–water partition coefficient (Wildman–Crippen LogP) is 3.60. The fourth-order valence-corrected chi connectivity index (χ4v) is 3.74. The minimum Gasteiger partial charge on any atom is -0.410 e. The van der Waals surface area contributed by atoms with Crippen LogP contribution in [0, 0.1) is 0 Å². The van der Waals surface area contributed by atoms with E-state index >= 15 is 0 Å². The highest BCUT2D eigenvalue weighted by Gasteiger charge is 2.41. The van der Waals surface area contributed by atoms with E-state index in [4.69, 9.17) is 9.32 Å². The van der Waals surface area contributed by atoms with Gasteiger partial charge in [0.25, 0.3) is 0 Å². The van der Waals surface area contributed by atoms with Gasteiger partial charge in [0.15, 0.2) is 8.32 Å². The number of hydrogen-bond acceptors (Lipinski definition) is 3. The number of allylic oxidation sites excluding steroid dienone is 1. The van der Waals surface area contributed by atoms with Gasteiger partial charge >= 0.3 is 0 Å². The highest BCUT2D eigenvalue weighted by Crippen LogP contribution is 2.41. The molecular formula is C15H29O3PSi. The van der Waals surface area contributed by atoms with Gasteiger partial charge in [0, 0.05) is 21.4 Å². The molecule has 0 amide bonds. The Balaban J connectivity index is 2.87. The van der Waals surface area contributed by atoms with E-state index in [2.05, 4.69) is 40.4 Å². The van der Waals surface area contributed by atoms with Crippen LogP contribution in [0.2, 0.25) is 18.1 Å². The third-order valence-electron chi connectivity index (χ3n) is 4.43. The molecule has 116 valence electrons. The second-order valence-corrected chi connectivity index (χ2v) is 12.6. The van der Waals surface area contributed by atoms with E-state index in [-0.39, 0.29) is 26.1 Å². The van der Waals surface area contributed by atoms with Gasteiger partial charge in [-0.1, -0.05) is 33.4 Å². The summed E-state index contributed by atoms with van der Waals surface area (Å²) >= 11 is 0. The van der Waals surface area contributed by atoms with Crippen LogP contribution in [0.5, 0.6) is 0 Å². The quantitative estimate of drug-likeness (QED) is 0.615. The molecule has 0 radical (unpaired) electrons. The van der Waals surface area contributed by atoms with E-state index in [9.17, 15) is 5.11 Å². The van der Waals surface area contributed by atoms with Gasteiger partial charge in [-0.15, -0.1) is 0 Å². The zero-order valence-electron chi connectivity index (χ0n) is 13.4. The van der Waals surface area contributed by atoms with Gasteiger partial charge in [-0.3, -0.25) is 0 Å². The molecule has 1 saturated carbocycles. The van der Waals surface area contributed by atoms with Crippen LogP contribution in [-0.2, 0) is 4.43 Å². The van der Waals surface area contributed by atoms with Crippen molar-refractivity contribution in [3.8, 4) is 0 Å². The van der Waals surface area contributed by atoms with Crippen molar-refractivity contribution in [2.75, 3.05) is 6.16 Å². The van der Waals surface area contributed by atoms with E-state index in [0.717, 1.165) is 11.1 Å². The first-order valence-corrected chi connectivity index (χ1v) is 11.3. The summed E-state index contributed by atoms with van der Waals surface area (Å²) in [5.41, 5.74) is 2.03. The highest BCUT2D eigenvalue weighted by molar-refractivity contribution is 7.31. The summed E-state index contributed by atoms with van der Waals surface area (Å²) in [5, 5.41) is 10.2. The third kappa shape index (κ3) is 4.50. The fraction of sp³-hybridized carbons (Fsp3) is 0.733. The molecule has 1 unspecified atom stereocenters. The van der Waals surface area contributed by atoms with Gasteiger partial charge in [-0.2, -0.15) is 0 Å². The Labute approximate surface area is 126 Å². The maximum absolute atomic E-state index is 10.1. The predicted molar refractivity (Wildman–Crippen MR) is 89.9 cm³/mol. The standard InChI is InChI=1S/C15H29O3PSi/c1-11-12(7-8-19-17)9-13(16)10-14(11)18-20(5,6)15(2,3)4/h7,13-14,16-17,19H,1,8-10H2,2-6H3/b12-7-/t13-,14+/m1/s1. The van der Waals surface area contributed by atoms with Crippen molar-refractivity contribution in [2.24, 2.45) is 0 Å². The summed E-state index contributed by atoms with van der Waals surface area (Å²) < 4.78 is 6.41. The normalized spacial score (nSPS) is 27.8. The molecule has 2 N–H and O–H groups in total. The van der Waals surface area contributed by atoms with Crippen LogP contribution in [0.15, 0.2) is 23.8 Å². The van der Waals surface area contributed by atoms with Gasteiger partial charge in [-0.05, 0) is 35.7 Å². The molecule has 0 aromatic heterocycles. The monoisotopic (exact) mass is 316 g/mol. The fourth-order valence-electron chi connectivity index (χ4n) is 2.10. The summed E-state index contributed by atoms with van der Waals surface area (Å²) in [6, 6.07) is 0. The molecule has 20 heavy (non-hydrogen) atoms. The maximum Gasteiger partial charge on any atom is 0.192 e. The van der Waals surface area contributed by atoms with Gasteiger partial charge < -0.3 is 14.4 Å². The number of aliphatic hydroxyl groups is 1. The molecule has 1 aliphatic carbocycles. The molecule has 0 saturated heterocycles. The molecule has 1 aliphatic rings. The van der Waals surface area contributed by atoms with Crippen LogP contribution in [0.25, 0.3) is 0 Å². The molecule has 0 heterocycles. The topological polar surface area (TPSA) is 49.7 Å². The van der Waals surface area contributed by atoms with E-state index in [0.29, 0.717) is 19.0 Å². The lowest BCUT2D eigenvalue weighted by molar-refractivity contribution is 0.0907. The second kappa shape index (κ2) is 6.84. The Kier molecular flexibility index (Phi) is 6.18. The highest BCUT2D eigenvalue weighted by atomic mass is 31.1. The molecule has 0 aliphatic heterocycles. The van der Waals surface area contributed by atoms with Crippen molar-refractivity contribution < 1.29 is 14.4 Å². The zero-order valence-corrected chi connectivity index (χ0v) is 15.4. The van der Waals surface area contributed by atoms with Crippen molar-refractivity contribution in [3.63, 3.8) is 0 Å². The molecule has 0 aromatic rings. The molecule has 0 bridgehead atoms. The minimum atomic E-state index is -1.87. The summed E-state index contributed by atoms with van der Waals surface area (Å²) in [6.07, 6.45) is 3.42. The first-order chi connectivity index (χ1) is 9.08. The smallest absolute Gasteiger partial charge is 0.192 e. The Morgan fingerprint density at radius 2 is 2.05 bits per heavy atom. The van der Waals surface area contributed by atoms with Crippen LogP contribution in [0.1, 0.15) is 33.6 Å². The average molecular weight is 316 g/mol. The van der Waals surface area contributed by atoms with Crippen LogP contribution >= 0.6 is 8.81 Å². The summed E-state index contributed by atoms with van der Waals surface area (Å²) in [6.45, 7) is 15.3. The summed E-state index contributed by atoms with van der Waals surface area (Å²) in [7, 11) is -1.97. The van der Waals surface area contributed by atoms with Gasteiger partial charge in [0.05, 0.1) is 12.2 Å². The summed E-state index contributed by atoms with van der Waals surface area (Å²) in [5.74, 6) is 0. The molecule has 1 rings (SSSR count). The lowest BCUT2D eigenvalue weighted by Gasteiger charge is -2.42. The molecule has 3 atom stereocenters. The van der Waals surface area contributed by atoms with Crippen molar-refractivity contribution in [2.45, 2.75) is 64.0 Å². The molecule has 3 nitrogen and oxygen atoms in total. The largest absolute Gasteiger partial charge is 0.410 e. The van der Waals surface area contributed by atoms with E-state index < -0.39 is 8.32 Å². The lowest BCUT2D eigenvalue weighted by atomic mass is 9.86. The van der Waals surface area contributed by atoms with E-state index in [1.807, 2.05) is 6.08 Å². The Bertz CT molecular complexity index is 385. The van der Waals surface area contributed by atoms with E-state index in [1.165, 1.54) is 0 Å². The minimum absolute atomic E-state index is 0.0899. The third-order valence-corrected chi connectivity index (χ3v) is 9.30. The van der Waals surface area contributed by atoms with Crippen molar-refractivity contribution in [3.05, 3.63) is 23.8 Å². The Morgan fingerprint density at radius 1 is 1.45 bits per heavy atom. The van der Waals surface area contributed by atoms with Gasteiger partial charge in [-0.25, -0.2) is 0 Å². The van der Waals surface area contributed by atoms with Crippen LogP contribution in [-0.4, -0.2) is 36.7 Å². The lowest BCUT2D eigenvalue weighted by Crippen LogP contribution is -2.46. The molecular weight excluding hydrogens is 287 g/mol. The second-order valence-electron chi connectivity index (χ2n) is 7.08. The molecule has 1 fully saturated rings. The van der Waals surface area contributed by atoms with Gasteiger partial charge in [0.2, 0.25) is 0 Å². The molecule has 5 heteroatoms. The van der Waals surface area contributed by atoms with Crippen molar-refractivity contribution in [1.82, 2.24) is 0 Å². The first kappa shape index (κ1) is 18.1. The van der Waals surface area contributed by atoms with Crippen LogP contribution in [0.3, 0.4) is 0 Å². The van der Waals surface area contributed by atoms with Crippen molar-refractivity contribution >= 4 is 17.1 Å². The zero-order chi connectivity index (χ0) is 15.6. The Morgan fingerprint density at radius 3 is 2.55 bits per heavy atom. The van der Waals surface area contributed by atoms with E-state index in [1.54, 1.807) is 0 Å². The van der Waals surface area contributed by atoms with Crippen LogP contribution < -0.4 is 0 Å². The SMILES string of the molecule is C=C1/C(=C\CPO)C[C@@H](O)C[C@@H]1O[Si](C)(C)C(C)(C)C. The van der Waals surface area contributed by atoms with Gasteiger partial charge in [0.1, 0.15) is 0 Å². The molecule has 0 aromatic carbocycles. The Hall–Kier alpha value is 0.00688. The first-order valence-electron chi connectivity index (χ1n) is 7.19. The number of hydrogen-bond donors (Lipinski definition) is 2.